The number of rotatable bonds is 1. The highest BCUT2D eigenvalue weighted by atomic mass is 16.2. The lowest BCUT2D eigenvalue weighted by atomic mass is 10.4. The highest BCUT2D eigenvalue weighted by Gasteiger charge is 2.13. The minimum atomic E-state index is -0.296. The first-order valence-electron chi connectivity index (χ1n) is 4.54. The van der Waals surface area contributed by atoms with Crippen LogP contribution in [-0.2, 0) is 7.05 Å². The van der Waals surface area contributed by atoms with Crippen LogP contribution in [0.2, 0.25) is 0 Å². The fraction of sp³-hybridized carbons (Fsp3) is 0.125. The van der Waals surface area contributed by atoms with Gasteiger partial charge in [-0.1, -0.05) is 5.21 Å². The third kappa shape index (κ3) is 1.06. The van der Waals surface area contributed by atoms with Crippen LogP contribution < -0.4 is 5.69 Å². The Morgan fingerprint density at radius 3 is 3.00 bits per heavy atom. The molecule has 0 saturated carbocycles. The molecule has 3 aromatic heterocycles. The van der Waals surface area contributed by atoms with Crippen molar-refractivity contribution in [1.29, 1.82) is 0 Å². The van der Waals surface area contributed by atoms with Gasteiger partial charge in [-0.2, -0.15) is 4.68 Å². The van der Waals surface area contributed by atoms with Gasteiger partial charge in [0, 0.05) is 19.4 Å². The molecule has 3 aromatic rings. The quantitative estimate of drug-likeness (QED) is 0.576. The van der Waals surface area contributed by atoms with Crippen LogP contribution in [0.1, 0.15) is 0 Å². The second-order valence-electron chi connectivity index (χ2n) is 3.22. The molecule has 0 fully saturated rings. The van der Waals surface area contributed by atoms with E-state index in [0.29, 0.717) is 17.2 Å². The Labute approximate surface area is 88.6 Å². The maximum absolute atomic E-state index is 11.7. The largest absolute Gasteiger partial charge is 0.352 e. The van der Waals surface area contributed by atoms with E-state index in [-0.39, 0.29) is 5.69 Å². The van der Waals surface area contributed by atoms with Crippen molar-refractivity contribution < 1.29 is 0 Å². The number of hydrogen-bond acceptors (Lipinski definition) is 5. The summed E-state index contributed by atoms with van der Waals surface area (Å²) < 4.78 is 2.46. The molecule has 0 spiro atoms. The lowest BCUT2D eigenvalue weighted by Crippen LogP contribution is -2.26. The van der Waals surface area contributed by atoms with Gasteiger partial charge in [-0.05, 0) is 0 Å². The van der Waals surface area contributed by atoms with Crippen molar-refractivity contribution in [1.82, 2.24) is 34.3 Å². The van der Waals surface area contributed by atoms with Gasteiger partial charge in [-0.3, -0.25) is 0 Å². The predicted octanol–water partition coefficient (Wildman–Crippen LogP) is -0.787. The summed E-state index contributed by atoms with van der Waals surface area (Å²) in [6, 6.07) is 0. The van der Waals surface area contributed by atoms with Crippen LogP contribution in [0, 0.1) is 0 Å². The van der Waals surface area contributed by atoms with Crippen LogP contribution in [-0.4, -0.2) is 34.3 Å². The van der Waals surface area contributed by atoms with E-state index in [4.69, 9.17) is 0 Å². The highest BCUT2D eigenvalue weighted by molar-refractivity contribution is 5.67. The number of aryl methyl sites for hydroxylation is 1. The lowest BCUT2D eigenvalue weighted by Gasteiger charge is -1.95. The molecular weight excluding hydrogens is 210 g/mol. The molecule has 1 N–H and O–H groups in total. The van der Waals surface area contributed by atoms with Crippen LogP contribution in [0.4, 0.5) is 0 Å². The van der Waals surface area contributed by atoms with E-state index in [0.717, 1.165) is 4.68 Å². The summed E-state index contributed by atoms with van der Waals surface area (Å²) in [6.07, 6.45) is 4.69. The van der Waals surface area contributed by atoms with Crippen molar-refractivity contribution in [3.8, 4) is 11.5 Å². The molecule has 0 aliphatic carbocycles. The Morgan fingerprint density at radius 1 is 1.38 bits per heavy atom. The second kappa shape index (κ2) is 2.99. The van der Waals surface area contributed by atoms with Crippen LogP contribution in [0.5, 0.6) is 0 Å². The standard InChI is InChI=1S/C8H7N7O/c1-14-8(16)15-4-11-5(7(15)12-13-14)6-9-2-3-10-6/h2-4H,1H3,(H,9,10). The maximum atomic E-state index is 11.7. The van der Waals surface area contributed by atoms with Crippen LogP contribution in [0.3, 0.4) is 0 Å². The number of nitrogens with one attached hydrogen (secondary N) is 1. The third-order valence-corrected chi connectivity index (χ3v) is 2.22. The van der Waals surface area contributed by atoms with Crippen molar-refractivity contribution in [3.05, 3.63) is 29.2 Å². The zero-order valence-electron chi connectivity index (χ0n) is 8.32. The van der Waals surface area contributed by atoms with Crippen molar-refractivity contribution in [2.24, 2.45) is 7.05 Å². The van der Waals surface area contributed by atoms with Gasteiger partial charge in [0.15, 0.2) is 17.2 Å². The molecule has 0 saturated heterocycles. The van der Waals surface area contributed by atoms with Gasteiger partial charge < -0.3 is 4.98 Å². The Morgan fingerprint density at radius 2 is 2.25 bits per heavy atom. The second-order valence-corrected chi connectivity index (χ2v) is 3.22. The molecule has 3 rings (SSSR count). The monoisotopic (exact) mass is 217 g/mol. The molecule has 0 bridgehead atoms. The van der Waals surface area contributed by atoms with E-state index < -0.39 is 0 Å². The minimum Gasteiger partial charge on any atom is -0.343 e. The van der Waals surface area contributed by atoms with Gasteiger partial charge >= 0.3 is 5.69 Å². The summed E-state index contributed by atoms with van der Waals surface area (Å²) in [6.45, 7) is 0. The van der Waals surface area contributed by atoms with E-state index in [2.05, 4.69) is 25.3 Å². The van der Waals surface area contributed by atoms with Gasteiger partial charge in [0.25, 0.3) is 0 Å². The number of fused-ring (bicyclic) bond motifs is 1. The molecule has 0 atom stereocenters. The average molecular weight is 217 g/mol. The molecule has 8 nitrogen and oxygen atoms in total. The minimum absolute atomic E-state index is 0.296. The summed E-state index contributed by atoms with van der Waals surface area (Å²) in [5.41, 5.74) is 0.601. The zero-order chi connectivity index (χ0) is 11.1. The van der Waals surface area contributed by atoms with E-state index in [1.54, 1.807) is 12.4 Å². The number of hydrogen-bond donors (Lipinski definition) is 1. The lowest BCUT2D eigenvalue weighted by molar-refractivity contribution is 0.607. The van der Waals surface area contributed by atoms with Crippen molar-refractivity contribution in [3.63, 3.8) is 0 Å². The molecular formula is C8H7N7O. The van der Waals surface area contributed by atoms with E-state index >= 15 is 0 Å². The molecule has 3 heterocycles. The predicted molar refractivity (Wildman–Crippen MR) is 53.6 cm³/mol. The van der Waals surface area contributed by atoms with Gasteiger partial charge in [0.05, 0.1) is 0 Å². The normalized spacial score (nSPS) is 11.1. The van der Waals surface area contributed by atoms with E-state index in [1.807, 2.05) is 0 Å². The first-order chi connectivity index (χ1) is 7.77. The van der Waals surface area contributed by atoms with Crippen molar-refractivity contribution in [2.45, 2.75) is 0 Å². The van der Waals surface area contributed by atoms with Crippen molar-refractivity contribution >= 4 is 5.65 Å². The number of aromatic nitrogens is 7. The molecule has 0 unspecified atom stereocenters. The molecule has 0 radical (unpaired) electrons. The fourth-order valence-corrected chi connectivity index (χ4v) is 1.44. The van der Waals surface area contributed by atoms with Crippen LogP contribution in [0.25, 0.3) is 17.2 Å². The van der Waals surface area contributed by atoms with Gasteiger partial charge in [-0.25, -0.2) is 19.2 Å². The topological polar surface area (TPSA) is 93.8 Å². The smallest absolute Gasteiger partial charge is 0.343 e. The highest BCUT2D eigenvalue weighted by Crippen LogP contribution is 2.14. The average Bonchev–Trinajstić information content (AvgIpc) is 2.91. The van der Waals surface area contributed by atoms with E-state index in [1.165, 1.54) is 17.8 Å². The van der Waals surface area contributed by atoms with Crippen LogP contribution >= 0.6 is 0 Å². The Hall–Kier alpha value is -2.51. The number of aromatic amines is 1. The summed E-state index contributed by atoms with van der Waals surface area (Å²) in [7, 11) is 1.53. The van der Waals surface area contributed by atoms with Gasteiger partial charge in [-0.15, -0.1) is 5.10 Å². The van der Waals surface area contributed by atoms with Crippen LogP contribution in [0.15, 0.2) is 23.5 Å². The zero-order valence-corrected chi connectivity index (χ0v) is 8.32. The maximum Gasteiger partial charge on any atom is 0.352 e. The SMILES string of the molecule is Cn1nnc2c(-c3ncc[nH]3)ncn2c1=O. The first kappa shape index (κ1) is 8.77. The number of imidazole rings is 2. The summed E-state index contributed by atoms with van der Waals surface area (Å²) in [5, 5.41) is 7.61. The molecule has 80 valence electrons. The first-order valence-corrected chi connectivity index (χ1v) is 4.54. The van der Waals surface area contributed by atoms with Crippen molar-refractivity contribution in [2.75, 3.05) is 0 Å². The summed E-state index contributed by atoms with van der Waals surface area (Å²) in [5.74, 6) is 0.560. The molecule has 8 heteroatoms. The van der Waals surface area contributed by atoms with E-state index in [9.17, 15) is 4.79 Å². The number of H-pyrrole nitrogens is 1. The Balaban J connectivity index is 2.38. The number of nitrogens with zero attached hydrogens (tertiary/aromatic N) is 6. The molecule has 0 aliphatic rings. The van der Waals surface area contributed by atoms with Gasteiger partial charge in [0.2, 0.25) is 0 Å². The fourth-order valence-electron chi connectivity index (χ4n) is 1.44. The summed E-state index contributed by atoms with van der Waals surface area (Å²) in [4.78, 5) is 22.7. The molecule has 0 aromatic carbocycles. The third-order valence-electron chi connectivity index (χ3n) is 2.22. The van der Waals surface area contributed by atoms with Gasteiger partial charge in [0.1, 0.15) is 6.33 Å². The Bertz CT molecular complexity index is 693. The molecule has 0 amide bonds. The Kier molecular flexibility index (Phi) is 1.64. The molecule has 16 heavy (non-hydrogen) atoms. The molecule has 0 aliphatic heterocycles. The summed E-state index contributed by atoms with van der Waals surface area (Å²) >= 11 is 0.